The third-order valence-electron chi connectivity index (χ3n) is 4.62. The number of ether oxygens (including phenoxy) is 1. The van der Waals surface area contributed by atoms with Gasteiger partial charge in [0.15, 0.2) is 0 Å². The Balaban J connectivity index is 1.91. The fourth-order valence-electron chi connectivity index (χ4n) is 3.21. The van der Waals surface area contributed by atoms with E-state index in [0.717, 1.165) is 37.8 Å². The van der Waals surface area contributed by atoms with Crippen molar-refractivity contribution < 1.29 is 28.0 Å². The maximum atomic E-state index is 13.0. The number of anilines is 1. The van der Waals surface area contributed by atoms with Crippen LogP contribution in [0.4, 0.5) is 11.4 Å². The van der Waals surface area contributed by atoms with Crippen molar-refractivity contribution >= 4 is 27.4 Å². The average Bonchev–Trinajstić information content (AvgIpc) is 3.20. The van der Waals surface area contributed by atoms with Crippen LogP contribution in [-0.2, 0) is 14.8 Å². The Morgan fingerprint density at radius 2 is 1.83 bits per heavy atom. The Morgan fingerprint density at radius 1 is 1.17 bits per heavy atom. The summed E-state index contributed by atoms with van der Waals surface area (Å²) >= 11 is 0. The quantitative estimate of drug-likeness (QED) is 0.513. The predicted molar refractivity (Wildman–Crippen MR) is 105 cm³/mol. The van der Waals surface area contributed by atoms with Gasteiger partial charge in [0.2, 0.25) is 0 Å². The molecular weight excluding hydrogens is 400 g/mol. The highest BCUT2D eigenvalue weighted by molar-refractivity contribution is 7.92. The van der Waals surface area contributed by atoms with Gasteiger partial charge in [0.1, 0.15) is 12.3 Å². The molecule has 0 unspecified atom stereocenters. The molecule has 9 nitrogen and oxygen atoms in total. The molecule has 1 N–H and O–H groups in total. The first-order valence-corrected chi connectivity index (χ1v) is 10.5. The highest BCUT2D eigenvalue weighted by Crippen LogP contribution is 2.29. The van der Waals surface area contributed by atoms with E-state index in [1.54, 1.807) is 12.1 Å². The lowest BCUT2D eigenvalue weighted by atomic mass is 10.2. The summed E-state index contributed by atoms with van der Waals surface area (Å²) in [7, 11) is -4.33. The van der Waals surface area contributed by atoms with E-state index in [1.165, 1.54) is 24.3 Å². The van der Waals surface area contributed by atoms with Gasteiger partial charge in [-0.05, 0) is 56.0 Å². The number of carboxylic acids is 1. The number of carboxylic acid groups (broad SMARTS) is 1. The Morgan fingerprint density at radius 3 is 2.41 bits per heavy atom. The molecule has 0 bridgehead atoms. The van der Waals surface area contributed by atoms with E-state index in [1.807, 2.05) is 0 Å². The molecule has 3 rings (SSSR count). The average molecular weight is 420 g/mol. The molecule has 10 heteroatoms. The third kappa shape index (κ3) is 4.83. The summed E-state index contributed by atoms with van der Waals surface area (Å²) in [6.07, 6.45) is 4.28. The summed E-state index contributed by atoms with van der Waals surface area (Å²) in [5.41, 5.74) is -0.278. The van der Waals surface area contributed by atoms with E-state index in [9.17, 15) is 28.4 Å². The molecule has 0 atom stereocenters. The van der Waals surface area contributed by atoms with E-state index in [2.05, 4.69) is 0 Å². The molecule has 0 radical (unpaired) electrons. The van der Waals surface area contributed by atoms with Gasteiger partial charge in [-0.1, -0.05) is 6.07 Å². The molecule has 1 aliphatic rings. The highest BCUT2D eigenvalue weighted by Gasteiger charge is 2.28. The number of nitro benzene ring substituents is 1. The van der Waals surface area contributed by atoms with Crippen LogP contribution >= 0.6 is 0 Å². The van der Waals surface area contributed by atoms with Crippen molar-refractivity contribution in [2.24, 2.45) is 0 Å². The minimum absolute atomic E-state index is 0.123. The molecular formula is C19H20N2O7S. The van der Waals surface area contributed by atoms with Crippen LogP contribution in [0.2, 0.25) is 0 Å². The van der Waals surface area contributed by atoms with Gasteiger partial charge in [0.25, 0.3) is 15.7 Å². The standard InChI is InChI=1S/C19H20N2O7S/c22-19(23)13-20(29(26,27)18-7-3-4-15(12-18)21(24)25)14-8-10-17(11-9-14)28-16-5-1-2-6-16/h3-4,7-12,16H,1-2,5-6,13H2,(H,22,23). The van der Waals surface area contributed by atoms with E-state index in [-0.39, 0.29) is 16.7 Å². The minimum atomic E-state index is -4.33. The molecule has 29 heavy (non-hydrogen) atoms. The van der Waals surface area contributed by atoms with Crippen LogP contribution in [0.25, 0.3) is 0 Å². The second-order valence-electron chi connectivity index (χ2n) is 6.68. The molecule has 2 aromatic rings. The number of hydrogen-bond acceptors (Lipinski definition) is 6. The lowest BCUT2D eigenvalue weighted by Gasteiger charge is -2.23. The summed E-state index contributed by atoms with van der Waals surface area (Å²) < 4.78 is 32.6. The predicted octanol–water partition coefficient (Wildman–Crippen LogP) is 3.20. The number of rotatable bonds is 8. The van der Waals surface area contributed by atoms with E-state index in [4.69, 9.17) is 4.74 Å². The topological polar surface area (TPSA) is 127 Å². The third-order valence-corrected chi connectivity index (χ3v) is 6.39. The molecule has 154 valence electrons. The van der Waals surface area contributed by atoms with Gasteiger partial charge in [-0.3, -0.25) is 19.2 Å². The van der Waals surface area contributed by atoms with E-state index in [0.29, 0.717) is 10.1 Å². The first-order valence-electron chi connectivity index (χ1n) is 9.03. The van der Waals surface area contributed by atoms with Crippen LogP contribution in [0.1, 0.15) is 25.7 Å². The van der Waals surface area contributed by atoms with Crippen molar-refractivity contribution in [2.45, 2.75) is 36.7 Å². The van der Waals surface area contributed by atoms with Crippen LogP contribution in [-0.4, -0.2) is 37.1 Å². The Bertz CT molecular complexity index is 999. The molecule has 0 saturated heterocycles. The van der Waals surface area contributed by atoms with Crippen molar-refractivity contribution in [1.82, 2.24) is 0 Å². The zero-order chi connectivity index (χ0) is 21.0. The SMILES string of the molecule is O=C(O)CN(c1ccc(OC2CCCC2)cc1)S(=O)(=O)c1cccc([N+](=O)[O-])c1. The molecule has 1 aliphatic carbocycles. The minimum Gasteiger partial charge on any atom is -0.490 e. The summed E-state index contributed by atoms with van der Waals surface area (Å²) in [6.45, 7) is -0.826. The molecule has 0 aromatic heterocycles. The van der Waals surface area contributed by atoms with Gasteiger partial charge >= 0.3 is 5.97 Å². The Kier molecular flexibility index (Phi) is 6.02. The number of nitro groups is 1. The van der Waals surface area contributed by atoms with Crippen molar-refractivity contribution in [1.29, 1.82) is 0 Å². The number of aliphatic carboxylic acids is 1. The monoisotopic (exact) mass is 420 g/mol. The summed E-state index contributed by atoms with van der Waals surface area (Å²) in [5, 5.41) is 20.2. The zero-order valence-corrected chi connectivity index (χ0v) is 16.2. The van der Waals surface area contributed by atoms with Crippen LogP contribution in [0.5, 0.6) is 5.75 Å². The smallest absolute Gasteiger partial charge is 0.324 e. The van der Waals surface area contributed by atoms with Gasteiger partial charge in [-0.25, -0.2) is 8.42 Å². The van der Waals surface area contributed by atoms with Crippen LogP contribution in [0, 0.1) is 10.1 Å². The number of nitrogens with zero attached hydrogens (tertiary/aromatic N) is 2. The number of carbonyl (C=O) groups is 1. The van der Waals surface area contributed by atoms with E-state index >= 15 is 0 Å². The zero-order valence-electron chi connectivity index (χ0n) is 15.4. The van der Waals surface area contributed by atoms with Crippen molar-refractivity contribution in [3.8, 4) is 5.75 Å². The van der Waals surface area contributed by atoms with Crippen LogP contribution in [0.3, 0.4) is 0 Å². The first kappa shape index (κ1) is 20.6. The van der Waals surface area contributed by atoms with Crippen molar-refractivity contribution in [3.63, 3.8) is 0 Å². The van der Waals surface area contributed by atoms with Gasteiger partial charge < -0.3 is 9.84 Å². The molecule has 2 aromatic carbocycles. The van der Waals surface area contributed by atoms with Gasteiger partial charge in [-0.15, -0.1) is 0 Å². The second kappa shape index (κ2) is 8.48. The summed E-state index contributed by atoms with van der Waals surface area (Å²) in [6, 6.07) is 10.6. The van der Waals surface area contributed by atoms with Gasteiger partial charge in [0, 0.05) is 12.1 Å². The normalized spacial score (nSPS) is 14.5. The second-order valence-corrected chi connectivity index (χ2v) is 8.54. The first-order chi connectivity index (χ1) is 13.8. The molecule has 1 saturated carbocycles. The van der Waals surface area contributed by atoms with E-state index < -0.39 is 33.1 Å². The fraction of sp³-hybridized carbons (Fsp3) is 0.316. The largest absolute Gasteiger partial charge is 0.490 e. The van der Waals surface area contributed by atoms with Crippen LogP contribution in [0.15, 0.2) is 53.4 Å². The Labute approximate surface area is 167 Å². The lowest BCUT2D eigenvalue weighted by Crippen LogP contribution is -2.35. The maximum Gasteiger partial charge on any atom is 0.324 e. The Hall–Kier alpha value is -3.14. The van der Waals surface area contributed by atoms with Gasteiger partial charge in [0.05, 0.1) is 21.6 Å². The van der Waals surface area contributed by atoms with Crippen molar-refractivity contribution in [3.05, 3.63) is 58.6 Å². The molecule has 1 fully saturated rings. The summed E-state index contributed by atoms with van der Waals surface area (Å²) in [5.74, 6) is -0.783. The number of non-ortho nitro benzene ring substituents is 1. The fourth-order valence-corrected chi connectivity index (χ4v) is 4.67. The van der Waals surface area contributed by atoms with Crippen molar-refractivity contribution in [2.75, 3.05) is 10.8 Å². The molecule has 0 spiro atoms. The summed E-state index contributed by atoms with van der Waals surface area (Å²) in [4.78, 5) is 21.2. The highest BCUT2D eigenvalue weighted by atomic mass is 32.2. The molecule has 0 amide bonds. The number of sulfonamides is 1. The number of hydrogen-bond donors (Lipinski definition) is 1. The molecule has 0 heterocycles. The lowest BCUT2D eigenvalue weighted by molar-refractivity contribution is -0.385. The number of benzene rings is 2. The van der Waals surface area contributed by atoms with Crippen LogP contribution < -0.4 is 9.04 Å². The molecule has 0 aliphatic heterocycles. The van der Waals surface area contributed by atoms with Gasteiger partial charge in [-0.2, -0.15) is 0 Å². The maximum absolute atomic E-state index is 13.0.